The fraction of sp³-hybridized carbons (Fsp3) is 0.417. The summed E-state index contributed by atoms with van der Waals surface area (Å²) in [6, 6.07) is 13.9. The van der Waals surface area contributed by atoms with Crippen molar-refractivity contribution >= 4 is 23.1 Å². The van der Waals surface area contributed by atoms with E-state index in [0.29, 0.717) is 35.9 Å². The molecule has 4 aromatic heterocycles. The normalized spacial score (nSPS) is 13.8. The van der Waals surface area contributed by atoms with Crippen LogP contribution >= 0.6 is 0 Å². The van der Waals surface area contributed by atoms with Crippen molar-refractivity contribution in [2.45, 2.75) is 85.1 Å². The molecule has 0 aliphatic heterocycles. The minimum atomic E-state index is -0.704. The van der Waals surface area contributed by atoms with Gasteiger partial charge < -0.3 is 18.9 Å². The van der Waals surface area contributed by atoms with Gasteiger partial charge in [0.2, 0.25) is 0 Å². The summed E-state index contributed by atoms with van der Waals surface area (Å²) in [6.07, 6.45) is 11.8. The van der Waals surface area contributed by atoms with Crippen molar-refractivity contribution in [3.8, 4) is 16.9 Å². The zero-order chi connectivity index (χ0) is 33.3. The average Bonchev–Trinajstić information content (AvgIpc) is 3.73. The number of carbonyl (C=O) groups is 2. The monoisotopic (exact) mass is 637 g/mol. The maximum absolute atomic E-state index is 13.7. The van der Waals surface area contributed by atoms with Gasteiger partial charge in [-0.15, -0.1) is 5.10 Å². The summed E-state index contributed by atoms with van der Waals surface area (Å²) in [6.45, 7) is 12.4. The van der Waals surface area contributed by atoms with Gasteiger partial charge in [-0.1, -0.05) is 23.8 Å². The van der Waals surface area contributed by atoms with E-state index < -0.39 is 17.3 Å². The van der Waals surface area contributed by atoms with Crippen LogP contribution in [0.2, 0.25) is 0 Å². The van der Waals surface area contributed by atoms with Crippen molar-refractivity contribution in [3.63, 3.8) is 0 Å². The fourth-order valence-electron chi connectivity index (χ4n) is 5.67. The van der Waals surface area contributed by atoms with Crippen molar-refractivity contribution < 1.29 is 19.1 Å². The molecule has 47 heavy (non-hydrogen) atoms. The molecule has 1 aromatic carbocycles. The Labute approximate surface area is 275 Å². The third-order valence-electron chi connectivity index (χ3n) is 8.03. The van der Waals surface area contributed by atoms with Crippen LogP contribution in [-0.2, 0) is 22.6 Å². The van der Waals surface area contributed by atoms with E-state index >= 15 is 0 Å². The minimum Gasteiger partial charge on any atom is -0.444 e. The van der Waals surface area contributed by atoms with Crippen LogP contribution in [0, 0.1) is 5.92 Å². The number of hydrogen-bond acceptors (Lipinski definition) is 7. The lowest BCUT2D eigenvalue weighted by atomic mass is 9.85. The van der Waals surface area contributed by atoms with Crippen LogP contribution in [0.1, 0.15) is 72.1 Å². The van der Waals surface area contributed by atoms with Gasteiger partial charge in [0.15, 0.2) is 0 Å². The molecular weight excluding hydrogens is 594 g/mol. The summed E-state index contributed by atoms with van der Waals surface area (Å²) >= 11 is 0. The second kappa shape index (κ2) is 12.7. The predicted molar refractivity (Wildman–Crippen MR) is 179 cm³/mol. The van der Waals surface area contributed by atoms with E-state index in [2.05, 4.69) is 15.3 Å². The van der Waals surface area contributed by atoms with Gasteiger partial charge in [-0.05, 0) is 96.2 Å². The molecule has 0 saturated heterocycles. The molecule has 1 aliphatic rings. The zero-order valence-corrected chi connectivity index (χ0v) is 28.0. The molecule has 11 heteroatoms. The SMILES string of the molecule is CC(C)(C)OC(=O)N(Cc1cc2ccc(Cn3cc(-c4cncc(-n5cccc5)c4)nn3)cc2n1C(=O)OC(C)(C)C)CC1CCC1. The second-order valence-corrected chi connectivity index (χ2v) is 14.3. The fourth-order valence-corrected chi connectivity index (χ4v) is 5.67. The van der Waals surface area contributed by atoms with Crippen molar-refractivity contribution in [1.82, 2.24) is 34.0 Å². The Kier molecular flexibility index (Phi) is 8.65. The minimum absolute atomic E-state index is 0.219. The second-order valence-electron chi connectivity index (χ2n) is 14.3. The molecule has 11 nitrogen and oxygen atoms in total. The van der Waals surface area contributed by atoms with Gasteiger partial charge in [-0.3, -0.25) is 4.98 Å². The molecule has 0 unspecified atom stereocenters. The van der Waals surface area contributed by atoms with Crippen LogP contribution < -0.4 is 0 Å². The quantitative estimate of drug-likeness (QED) is 0.174. The molecule has 4 heterocycles. The van der Waals surface area contributed by atoms with E-state index in [1.807, 2.05) is 107 Å². The molecule has 0 atom stereocenters. The lowest BCUT2D eigenvalue weighted by molar-refractivity contribution is 0.0163. The molecule has 0 radical (unpaired) electrons. The number of amides is 1. The number of benzene rings is 1. The topological polar surface area (TPSA) is 109 Å². The molecule has 1 amide bonds. The standard InChI is InChI=1S/C36H43N7O4/c1-35(2,3)46-33(44)41(21-25-10-9-11-25)23-30-17-27-13-12-26(16-32(27)43(30)34(45)47-36(4,5)6)22-42-24-31(38-39-42)28-18-29(20-37-19-28)40-14-7-8-15-40/h7-8,12-20,24-25H,9-11,21-23H2,1-6H3. The Hall–Kier alpha value is -4.93. The van der Waals surface area contributed by atoms with E-state index in [0.717, 1.165) is 41.5 Å². The van der Waals surface area contributed by atoms with Crippen LogP contribution in [0.3, 0.4) is 0 Å². The lowest BCUT2D eigenvalue weighted by Gasteiger charge is -2.33. The number of ether oxygens (including phenoxy) is 2. The van der Waals surface area contributed by atoms with Crippen molar-refractivity contribution in [2.75, 3.05) is 6.54 Å². The molecule has 246 valence electrons. The summed E-state index contributed by atoms with van der Waals surface area (Å²) in [5.74, 6) is 0.424. The first-order valence-corrected chi connectivity index (χ1v) is 16.1. The van der Waals surface area contributed by atoms with Crippen LogP contribution in [0.4, 0.5) is 9.59 Å². The Morgan fingerprint density at radius 1 is 0.957 bits per heavy atom. The van der Waals surface area contributed by atoms with Gasteiger partial charge >= 0.3 is 12.2 Å². The Balaban J connectivity index is 1.30. The Morgan fingerprint density at radius 3 is 2.38 bits per heavy atom. The maximum atomic E-state index is 13.7. The molecule has 0 N–H and O–H groups in total. The lowest BCUT2D eigenvalue weighted by Crippen LogP contribution is -2.41. The summed E-state index contributed by atoms with van der Waals surface area (Å²) in [5.41, 5.74) is 3.45. The number of pyridine rings is 1. The number of fused-ring (bicyclic) bond motifs is 1. The van der Waals surface area contributed by atoms with Gasteiger partial charge in [-0.25, -0.2) is 18.8 Å². The van der Waals surface area contributed by atoms with Gasteiger partial charge in [-0.2, -0.15) is 0 Å². The number of rotatable bonds is 8. The summed E-state index contributed by atoms with van der Waals surface area (Å²) in [7, 11) is 0. The largest absolute Gasteiger partial charge is 0.444 e. The predicted octanol–water partition coefficient (Wildman–Crippen LogP) is 7.45. The van der Waals surface area contributed by atoms with Gasteiger partial charge in [0.1, 0.15) is 16.9 Å². The molecule has 1 aliphatic carbocycles. The van der Waals surface area contributed by atoms with E-state index in [-0.39, 0.29) is 12.6 Å². The van der Waals surface area contributed by atoms with E-state index in [9.17, 15) is 9.59 Å². The maximum Gasteiger partial charge on any atom is 0.419 e. The van der Waals surface area contributed by atoms with Crippen molar-refractivity contribution in [2.24, 2.45) is 5.92 Å². The molecule has 0 spiro atoms. The first-order chi connectivity index (χ1) is 22.3. The third-order valence-corrected chi connectivity index (χ3v) is 8.03. The highest BCUT2D eigenvalue weighted by molar-refractivity contribution is 5.91. The molecule has 1 fully saturated rings. The zero-order valence-electron chi connectivity index (χ0n) is 28.0. The van der Waals surface area contributed by atoms with E-state index in [1.54, 1.807) is 26.5 Å². The smallest absolute Gasteiger partial charge is 0.419 e. The van der Waals surface area contributed by atoms with Gasteiger partial charge in [0.25, 0.3) is 0 Å². The number of aromatic nitrogens is 6. The number of carbonyl (C=O) groups excluding carboxylic acids is 2. The molecule has 6 rings (SSSR count). The first-order valence-electron chi connectivity index (χ1n) is 16.1. The van der Waals surface area contributed by atoms with E-state index in [4.69, 9.17) is 9.47 Å². The number of hydrogen-bond donors (Lipinski definition) is 0. The van der Waals surface area contributed by atoms with Crippen LogP contribution in [0.5, 0.6) is 0 Å². The third kappa shape index (κ3) is 7.73. The summed E-state index contributed by atoms with van der Waals surface area (Å²) in [4.78, 5) is 33.2. The highest BCUT2D eigenvalue weighted by Gasteiger charge is 2.30. The van der Waals surface area contributed by atoms with Crippen LogP contribution in [0.15, 0.2) is 73.4 Å². The Morgan fingerprint density at radius 2 is 1.70 bits per heavy atom. The molecule has 5 aromatic rings. The van der Waals surface area contributed by atoms with Gasteiger partial charge in [0.05, 0.1) is 36.7 Å². The van der Waals surface area contributed by atoms with Crippen molar-refractivity contribution in [1.29, 1.82) is 0 Å². The first kappa shape index (κ1) is 32.0. The molecular formula is C36H43N7O4. The van der Waals surface area contributed by atoms with Crippen LogP contribution in [-0.4, -0.2) is 63.9 Å². The van der Waals surface area contributed by atoms with Crippen LogP contribution in [0.25, 0.3) is 27.8 Å². The number of nitrogens with zero attached hydrogens (tertiary/aromatic N) is 7. The molecule has 1 saturated carbocycles. The average molecular weight is 638 g/mol. The Bertz CT molecular complexity index is 1870. The molecule has 0 bridgehead atoms. The van der Waals surface area contributed by atoms with Gasteiger partial charge in [0, 0.05) is 41.8 Å². The highest BCUT2D eigenvalue weighted by atomic mass is 16.6. The van der Waals surface area contributed by atoms with Crippen molar-refractivity contribution in [3.05, 3.63) is 84.7 Å². The summed E-state index contributed by atoms with van der Waals surface area (Å²) in [5, 5.41) is 9.65. The van der Waals surface area contributed by atoms with E-state index in [1.165, 1.54) is 0 Å². The summed E-state index contributed by atoms with van der Waals surface area (Å²) < 4.78 is 17.0. The highest BCUT2D eigenvalue weighted by Crippen LogP contribution is 2.30.